The van der Waals surface area contributed by atoms with E-state index in [9.17, 15) is 29.7 Å². The molecular formula is C38H42N14O4. The van der Waals surface area contributed by atoms with Crippen molar-refractivity contribution in [3.63, 3.8) is 0 Å². The van der Waals surface area contributed by atoms with Crippen molar-refractivity contribution in [1.29, 1.82) is 10.5 Å². The minimum atomic E-state index is -0.411. The number of piperazine rings is 2. The van der Waals surface area contributed by atoms with E-state index in [-0.39, 0.29) is 11.1 Å². The smallest absolute Gasteiger partial charge is 0.332 e. The van der Waals surface area contributed by atoms with E-state index in [1.165, 1.54) is 23.2 Å². The number of hydrogen-bond acceptors (Lipinski definition) is 12. The Morgan fingerprint density at radius 3 is 1.62 bits per heavy atom. The number of aromatic nitrogens is 8. The van der Waals surface area contributed by atoms with Crippen LogP contribution in [0.1, 0.15) is 22.3 Å². The average molecular weight is 759 g/mol. The SMILES string of the molecule is Cn1c(=O)c2c(nc(N3CCNCC3)n2Cc2cccc(C#N)c2)n(C)c1=O.Cn1c(=O)c2c(nc(N3CCNCC3)n2Cc2ccccc2C#N)n(C)c1=O. The molecule has 0 bridgehead atoms. The first-order chi connectivity index (χ1) is 27.0. The van der Waals surface area contributed by atoms with Gasteiger partial charge in [-0.3, -0.25) is 37.0 Å². The molecule has 0 atom stereocenters. The van der Waals surface area contributed by atoms with E-state index in [4.69, 9.17) is 0 Å². The van der Waals surface area contributed by atoms with Crippen LogP contribution in [0.5, 0.6) is 0 Å². The van der Waals surface area contributed by atoms with E-state index < -0.39 is 11.4 Å². The van der Waals surface area contributed by atoms with Gasteiger partial charge in [0.15, 0.2) is 22.3 Å². The molecule has 56 heavy (non-hydrogen) atoms. The molecule has 2 aromatic carbocycles. The predicted octanol–water partition coefficient (Wildman–Crippen LogP) is -0.473. The van der Waals surface area contributed by atoms with E-state index in [0.717, 1.165) is 72.6 Å². The highest BCUT2D eigenvalue weighted by atomic mass is 16.2. The molecule has 0 aliphatic carbocycles. The van der Waals surface area contributed by atoms with E-state index >= 15 is 0 Å². The molecule has 18 heteroatoms. The van der Waals surface area contributed by atoms with Crippen LogP contribution in [0.25, 0.3) is 22.3 Å². The van der Waals surface area contributed by atoms with Gasteiger partial charge >= 0.3 is 11.4 Å². The highest BCUT2D eigenvalue weighted by Crippen LogP contribution is 2.24. The average Bonchev–Trinajstić information content (AvgIpc) is 3.81. The maximum atomic E-state index is 13.0. The Morgan fingerprint density at radius 2 is 1.12 bits per heavy atom. The van der Waals surface area contributed by atoms with Gasteiger partial charge in [0, 0.05) is 80.5 Å². The van der Waals surface area contributed by atoms with Crippen LogP contribution in [0.3, 0.4) is 0 Å². The van der Waals surface area contributed by atoms with E-state index in [2.05, 4.69) is 42.5 Å². The first-order valence-corrected chi connectivity index (χ1v) is 18.2. The second-order valence-corrected chi connectivity index (χ2v) is 13.8. The van der Waals surface area contributed by atoms with Crippen molar-refractivity contribution in [2.75, 3.05) is 62.2 Å². The largest absolute Gasteiger partial charge is 0.340 e. The maximum absolute atomic E-state index is 13.0. The molecule has 18 nitrogen and oxygen atoms in total. The zero-order valence-electron chi connectivity index (χ0n) is 31.7. The van der Waals surface area contributed by atoms with Gasteiger partial charge in [-0.25, -0.2) is 9.59 Å². The van der Waals surface area contributed by atoms with Crippen LogP contribution in [-0.2, 0) is 41.3 Å². The predicted molar refractivity (Wildman–Crippen MR) is 211 cm³/mol. The summed E-state index contributed by atoms with van der Waals surface area (Å²) in [6, 6.07) is 19.0. The van der Waals surface area contributed by atoms with Gasteiger partial charge in [-0.1, -0.05) is 30.3 Å². The molecular weight excluding hydrogens is 717 g/mol. The number of benzene rings is 2. The number of fused-ring (bicyclic) bond motifs is 2. The number of nitrogens with zero attached hydrogens (tertiary/aromatic N) is 12. The molecule has 0 spiro atoms. The van der Waals surface area contributed by atoms with Gasteiger partial charge in [0.05, 0.1) is 36.4 Å². The Kier molecular flexibility index (Phi) is 10.4. The molecule has 0 amide bonds. The van der Waals surface area contributed by atoms with Gasteiger partial charge in [0.1, 0.15) is 0 Å². The lowest BCUT2D eigenvalue weighted by atomic mass is 10.1. The van der Waals surface area contributed by atoms with Crippen LogP contribution in [0.15, 0.2) is 67.7 Å². The Morgan fingerprint density at radius 1 is 0.625 bits per heavy atom. The van der Waals surface area contributed by atoms with Crippen LogP contribution in [-0.4, -0.2) is 89.7 Å². The first kappa shape index (κ1) is 37.6. The van der Waals surface area contributed by atoms with Crippen molar-refractivity contribution in [2.24, 2.45) is 28.2 Å². The summed E-state index contributed by atoms with van der Waals surface area (Å²) in [5.74, 6) is 1.31. The maximum Gasteiger partial charge on any atom is 0.332 e. The van der Waals surface area contributed by atoms with Crippen molar-refractivity contribution in [1.82, 2.24) is 48.0 Å². The number of nitrogens with one attached hydrogen (secondary N) is 2. The molecule has 6 aromatic rings. The number of nitriles is 2. The Labute approximate surface area is 320 Å². The normalized spacial score (nSPS) is 14.4. The van der Waals surface area contributed by atoms with Gasteiger partial charge < -0.3 is 20.4 Å². The minimum Gasteiger partial charge on any atom is -0.340 e. The van der Waals surface area contributed by atoms with Crippen LogP contribution in [0, 0.1) is 22.7 Å². The number of anilines is 2. The summed E-state index contributed by atoms with van der Waals surface area (Å²) in [6.07, 6.45) is 0. The summed E-state index contributed by atoms with van der Waals surface area (Å²) in [4.78, 5) is 64.2. The van der Waals surface area contributed by atoms with Crippen LogP contribution in [0.4, 0.5) is 11.9 Å². The van der Waals surface area contributed by atoms with Gasteiger partial charge in [-0.2, -0.15) is 20.5 Å². The third-order valence-corrected chi connectivity index (χ3v) is 10.3. The monoisotopic (exact) mass is 758 g/mol. The number of imidazole rings is 2. The summed E-state index contributed by atoms with van der Waals surface area (Å²) < 4.78 is 8.70. The minimum absolute atomic E-state index is 0.326. The van der Waals surface area contributed by atoms with Gasteiger partial charge in [0.2, 0.25) is 11.9 Å². The van der Waals surface area contributed by atoms with Gasteiger partial charge in [-0.05, 0) is 29.3 Å². The number of aryl methyl sites for hydroxylation is 2. The quantitative estimate of drug-likeness (QED) is 0.222. The van der Waals surface area contributed by atoms with Crippen molar-refractivity contribution in [2.45, 2.75) is 13.1 Å². The fourth-order valence-electron chi connectivity index (χ4n) is 7.24. The standard InChI is InChI=1S/2C19H21N7O2/c1-23-16-15(17(27)24(2)19(23)28)26(12-14-5-3-4-13(10-14)11-20)18(22-16)25-8-6-21-7-9-25;1-23-16-15(17(27)24(2)19(23)28)26(12-14-6-4-3-5-13(14)11-20)18(22-16)25-9-7-21-8-10-25/h3-5,10,21H,6-9,12H2,1-2H3;3-6,21H,7-10,12H2,1-2H3. The zero-order chi connectivity index (χ0) is 39.7. The molecule has 2 aliphatic heterocycles. The highest BCUT2D eigenvalue weighted by Gasteiger charge is 2.26. The molecule has 0 radical (unpaired) electrons. The summed E-state index contributed by atoms with van der Waals surface area (Å²) in [7, 11) is 6.18. The van der Waals surface area contributed by atoms with Gasteiger partial charge in [-0.15, -0.1) is 0 Å². The van der Waals surface area contributed by atoms with Gasteiger partial charge in [0.25, 0.3) is 11.1 Å². The number of hydrogen-bond donors (Lipinski definition) is 2. The van der Waals surface area contributed by atoms with Crippen LogP contribution >= 0.6 is 0 Å². The second kappa shape index (κ2) is 15.5. The number of rotatable bonds is 6. The third kappa shape index (κ3) is 6.76. The Bertz CT molecular complexity index is 2790. The first-order valence-electron chi connectivity index (χ1n) is 18.2. The molecule has 288 valence electrons. The van der Waals surface area contributed by atoms with Crippen molar-refractivity contribution < 1.29 is 0 Å². The van der Waals surface area contributed by atoms with E-state index in [1.807, 2.05) is 39.5 Å². The third-order valence-electron chi connectivity index (χ3n) is 10.3. The summed E-state index contributed by atoms with van der Waals surface area (Å²) in [5.41, 5.74) is 2.72. The van der Waals surface area contributed by atoms with E-state index in [0.29, 0.717) is 58.4 Å². The fraction of sp³-hybridized carbons (Fsp3) is 0.368. The van der Waals surface area contributed by atoms with Crippen molar-refractivity contribution in [3.8, 4) is 12.1 Å². The van der Waals surface area contributed by atoms with Crippen LogP contribution < -0.4 is 42.9 Å². The topological polar surface area (TPSA) is 202 Å². The molecule has 0 unspecified atom stereocenters. The molecule has 6 heterocycles. The summed E-state index contributed by atoms with van der Waals surface area (Å²) in [6.45, 7) is 7.00. The highest BCUT2D eigenvalue weighted by molar-refractivity contribution is 5.76. The molecule has 2 N–H and O–H groups in total. The fourth-order valence-corrected chi connectivity index (χ4v) is 7.24. The molecule has 4 aromatic heterocycles. The lowest BCUT2D eigenvalue weighted by Crippen LogP contribution is -2.44. The lowest BCUT2D eigenvalue weighted by Gasteiger charge is -2.28. The lowest BCUT2D eigenvalue weighted by molar-refractivity contribution is 0.571. The van der Waals surface area contributed by atoms with E-state index in [1.54, 1.807) is 32.3 Å². The Balaban J connectivity index is 0.000000172. The Hall–Kier alpha value is -6.76. The zero-order valence-corrected chi connectivity index (χ0v) is 31.7. The summed E-state index contributed by atoms with van der Waals surface area (Å²) in [5, 5.41) is 25.3. The summed E-state index contributed by atoms with van der Waals surface area (Å²) >= 11 is 0. The molecule has 0 saturated carbocycles. The molecule has 2 aliphatic rings. The molecule has 2 fully saturated rings. The van der Waals surface area contributed by atoms with Crippen molar-refractivity contribution >= 4 is 34.2 Å². The second-order valence-electron chi connectivity index (χ2n) is 13.8. The molecule has 8 rings (SSSR count). The van der Waals surface area contributed by atoms with Crippen molar-refractivity contribution in [3.05, 3.63) is 112 Å². The van der Waals surface area contributed by atoms with Crippen LogP contribution in [0.2, 0.25) is 0 Å². The molecule has 2 saturated heterocycles.